The van der Waals surface area contributed by atoms with Crippen LogP contribution in [0.3, 0.4) is 0 Å². The molecule has 3 rings (SSSR count). The number of carbonyl (C=O) groups is 1. The van der Waals surface area contributed by atoms with Gasteiger partial charge in [-0.25, -0.2) is 0 Å². The predicted octanol–water partition coefficient (Wildman–Crippen LogP) is 5.75. The average molecular weight is 351 g/mol. The number of benzene rings is 2. The average Bonchev–Trinajstić information content (AvgIpc) is 2.81. The highest BCUT2D eigenvalue weighted by Crippen LogP contribution is 2.43. The molecule has 2 heteroatoms. The molecule has 0 radical (unpaired) electrons. The van der Waals surface area contributed by atoms with Gasteiger partial charge in [0.2, 0.25) is 0 Å². The Hall–Kier alpha value is -2.09. The first kappa shape index (κ1) is 18.7. The lowest BCUT2D eigenvalue weighted by Crippen LogP contribution is -2.12. The molecule has 2 nitrogen and oxygen atoms in total. The first-order chi connectivity index (χ1) is 12.2. The SMILES string of the molecule is Cc1cc(C)cc(C2C(=O)Oc3c(CC(C)C)cc(CC(C)C)cc32)c1. The molecule has 0 N–H and O–H groups in total. The number of fused-ring (bicyclic) bond motifs is 1. The lowest BCUT2D eigenvalue weighted by atomic mass is 9.86. The zero-order chi connectivity index (χ0) is 19.0. The highest BCUT2D eigenvalue weighted by atomic mass is 16.5. The van der Waals surface area contributed by atoms with E-state index in [9.17, 15) is 4.79 Å². The number of aryl methyl sites for hydroxylation is 2. The maximum atomic E-state index is 12.8. The third kappa shape index (κ3) is 3.85. The molecule has 2 aromatic rings. The van der Waals surface area contributed by atoms with Crippen LogP contribution in [-0.2, 0) is 17.6 Å². The number of carbonyl (C=O) groups excluding carboxylic acids is 1. The molecule has 0 fully saturated rings. The van der Waals surface area contributed by atoms with Gasteiger partial charge in [-0.3, -0.25) is 4.79 Å². The molecule has 1 unspecified atom stereocenters. The molecule has 2 aromatic carbocycles. The molecule has 1 heterocycles. The lowest BCUT2D eigenvalue weighted by Gasteiger charge is -2.15. The molecule has 1 aliphatic rings. The zero-order valence-electron chi connectivity index (χ0n) is 16.8. The van der Waals surface area contributed by atoms with Gasteiger partial charge in [0.25, 0.3) is 0 Å². The van der Waals surface area contributed by atoms with Gasteiger partial charge in [-0.1, -0.05) is 69.2 Å². The smallest absolute Gasteiger partial charge is 0.323 e. The molecule has 1 atom stereocenters. The van der Waals surface area contributed by atoms with Crippen LogP contribution in [0, 0.1) is 25.7 Å². The van der Waals surface area contributed by atoms with Crippen molar-refractivity contribution >= 4 is 5.97 Å². The molecule has 0 aromatic heterocycles. The highest BCUT2D eigenvalue weighted by Gasteiger charge is 2.36. The van der Waals surface area contributed by atoms with Gasteiger partial charge < -0.3 is 4.74 Å². The largest absolute Gasteiger partial charge is 0.425 e. The maximum absolute atomic E-state index is 12.8. The van der Waals surface area contributed by atoms with Crippen molar-refractivity contribution in [3.8, 4) is 5.75 Å². The number of esters is 1. The molecule has 138 valence electrons. The van der Waals surface area contributed by atoms with Crippen LogP contribution in [0.15, 0.2) is 30.3 Å². The van der Waals surface area contributed by atoms with E-state index in [4.69, 9.17) is 4.74 Å². The summed E-state index contributed by atoms with van der Waals surface area (Å²) >= 11 is 0. The summed E-state index contributed by atoms with van der Waals surface area (Å²) in [6, 6.07) is 10.8. The van der Waals surface area contributed by atoms with E-state index in [2.05, 4.69) is 71.9 Å². The molecular weight excluding hydrogens is 320 g/mol. The van der Waals surface area contributed by atoms with Gasteiger partial charge in [0.15, 0.2) is 0 Å². The van der Waals surface area contributed by atoms with Crippen LogP contribution in [0.5, 0.6) is 5.75 Å². The fraction of sp³-hybridized carbons (Fsp3) is 0.458. The van der Waals surface area contributed by atoms with E-state index in [-0.39, 0.29) is 11.9 Å². The second-order valence-electron chi connectivity index (χ2n) is 8.64. The van der Waals surface area contributed by atoms with Gasteiger partial charge in [0.1, 0.15) is 11.7 Å². The Morgan fingerprint density at radius 3 is 2.08 bits per heavy atom. The fourth-order valence-corrected chi connectivity index (χ4v) is 4.08. The third-order valence-corrected chi connectivity index (χ3v) is 4.85. The number of hydrogen-bond acceptors (Lipinski definition) is 2. The molecular formula is C24H30O2. The van der Waals surface area contributed by atoms with E-state index in [0.29, 0.717) is 11.8 Å². The van der Waals surface area contributed by atoms with Crippen LogP contribution in [0.2, 0.25) is 0 Å². The van der Waals surface area contributed by atoms with Crippen molar-refractivity contribution in [2.75, 3.05) is 0 Å². The summed E-state index contributed by atoms with van der Waals surface area (Å²) < 4.78 is 5.81. The predicted molar refractivity (Wildman–Crippen MR) is 107 cm³/mol. The summed E-state index contributed by atoms with van der Waals surface area (Å²) in [6.45, 7) is 13.0. The van der Waals surface area contributed by atoms with Crippen molar-refractivity contribution in [1.82, 2.24) is 0 Å². The minimum Gasteiger partial charge on any atom is -0.425 e. The Kier molecular flexibility index (Phi) is 5.22. The van der Waals surface area contributed by atoms with Gasteiger partial charge in [0, 0.05) is 5.56 Å². The van der Waals surface area contributed by atoms with Gasteiger partial charge in [-0.2, -0.15) is 0 Å². The van der Waals surface area contributed by atoms with E-state index in [1.807, 2.05) is 0 Å². The van der Waals surface area contributed by atoms with Crippen LogP contribution in [0.25, 0.3) is 0 Å². The normalized spacial score (nSPS) is 16.3. The second-order valence-corrected chi connectivity index (χ2v) is 8.64. The van der Waals surface area contributed by atoms with Crippen LogP contribution in [0.1, 0.15) is 67.0 Å². The standard InChI is InChI=1S/C24H30O2/c1-14(2)7-18-12-20(8-15(3)4)23-21(13-18)22(24(25)26-23)19-10-16(5)9-17(6)11-19/h9-15,22H,7-8H2,1-6H3. The monoisotopic (exact) mass is 350 g/mol. The number of rotatable bonds is 5. The topological polar surface area (TPSA) is 26.3 Å². The minimum absolute atomic E-state index is 0.142. The highest BCUT2D eigenvalue weighted by molar-refractivity contribution is 5.90. The van der Waals surface area contributed by atoms with Crippen LogP contribution in [-0.4, -0.2) is 5.97 Å². The van der Waals surface area contributed by atoms with E-state index >= 15 is 0 Å². The molecule has 0 spiro atoms. The Morgan fingerprint density at radius 1 is 0.885 bits per heavy atom. The Morgan fingerprint density at radius 2 is 1.50 bits per heavy atom. The summed E-state index contributed by atoms with van der Waals surface area (Å²) in [6.07, 6.45) is 1.95. The number of ether oxygens (including phenoxy) is 1. The maximum Gasteiger partial charge on any atom is 0.323 e. The van der Waals surface area contributed by atoms with Crippen molar-refractivity contribution < 1.29 is 9.53 Å². The van der Waals surface area contributed by atoms with Crippen molar-refractivity contribution in [2.45, 2.75) is 60.3 Å². The fourth-order valence-electron chi connectivity index (χ4n) is 4.08. The Bertz CT molecular complexity index is 810. The summed E-state index contributed by atoms with van der Waals surface area (Å²) in [5.41, 5.74) is 6.94. The van der Waals surface area contributed by atoms with Crippen LogP contribution >= 0.6 is 0 Å². The van der Waals surface area contributed by atoms with Crippen molar-refractivity contribution in [1.29, 1.82) is 0 Å². The van der Waals surface area contributed by atoms with Crippen molar-refractivity contribution in [3.05, 3.63) is 63.7 Å². The summed E-state index contributed by atoms with van der Waals surface area (Å²) in [5.74, 6) is 1.46. The first-order valence-corrected chi connectivity index (χ1v) is 9.70. The van der Waals surface area contributed by atoms with E-state index in [1.165, 1.54) is 22.3 Å². The van der Waals surface area contributed by atoms with Gasteiger partial charge in [-0.15, -0.1) is 0 Å². The Labute approximate surface area is 157 Å². The first-order valence-electron chi connectivity index (χ1n) is 9.70. The Balaban J connectivity index is 2.14. The molecule has 0 saturated carbocycles. The van der Waals surface area contributed by atoms with E-state index in [0.717, 1.165) is 29.7 Å². The zero-order valence-corrected chi connectivity index (χ0v) is 16.8. The van der Waals surface area contributed by atoms with Crippen molar-refractivity contribution in [2.24, 2.45) is 11.8 Å². The van der Waals surface area contributed by atoms with E-state index in [1.54, 1.807) is 0 Å². The van der Waals surface area contributed by atoms with Gasteiger partial charge in [0.05, 0.1) is 0 Å². The minimum atomic E-state index is -0.304. The third-order valence-electron chi connectivity index (χ3n) is 4.85. The summed E-state index contributed by atoms with van der Waals surface area (Å²) in [5, 5.41) is 0. The molecule has 1 aliphatic heterocycles. The van der Waals surface area contributed by atoms with Gasteiger partial charge >= 0.3 is 5.97 Å². The second kappa shape index (κ2) is 7.26. The number of hydrogen-bond donors (Lipinski definition) is 0. The van der Waals surface area contributed by atoms with Crippen LogP contribution < -0.4 is 4.74 Å². The summed E-state index contributed by atoms with van der Waals surface area (Å²) in [4.78, 5) is 12.8. The van der Waals surface area contributed by atoms with Gasteiger partial charge in [-0.05, 0) is 55.2 Å². The molecule has 26 heavy (non-hydrogen) atoms. The van der Waals surface area contributed by atoms with Crippen molar-refractivity contribution in [3.63, 3.8) is 0 Å². The molecule has 0 bridgehead atoms. The van der Waals surface area contributed by atoms with E-state index < -0.39 is 0 Å². The summed E-state index contributed by atoms with van der Waals surface area (Å²) in [7, 11) is 0. The van der Waals surface area contributed by atoms with Crippen LogP contribution in [0.4, 0.5) is 0 Å². The molecule has 0 aliphatic carbocycles. The lowest BCUT2D eigenvalue weighted by molar-refractivity contribution is -0.133. The quantitative estimate of drug-likeness (QED) is 0.507. The molecule has 0 saturated heterocycles. The molecule has 0 amide bonds.